The molecular formula is C16H22N4OS. The molecule has 5 nitrogen and oxygen atoms in total. The van der Waals surface area contributed by atoms with Crippen molar-refractivity contribution in [3.8, 4) is 0 Å². The number of nitrogens with one attached hydrogen (secondary N) is 1. The van der Waals surface area contributed by atoms with Crippen molar-refractivity contribution in [2.45, 2.75) is 26.3 Å². The van der Waals surface area contributed by atoms with Gasteiger partial charge in [0.2, 0.25) is 0 Å². The number of hydrogen-bond donors (Lipinski definition) is 2. The third-order valence-corrected chi connectivity index (χ3v) is 4.99. The largest absolute Gasteiger partial charge is 0.396 e. The first-order chi connectivity index (χ1) is 10.8. The van der Waals surface area contributed by atoms with Gasteiger partial charge in [-0.2, -0.15) is 0 Å². The summed E-state index contributed by atoms with van der Waals surface area (Å²) in [4.78, 5) is 12.4. The van der Waals surface area contributed by atoms with Crippen LogP contribution in [0.3, 0.4) is 0 Å². The lowest BCUT2D eigenvalue weighted by molar-refractivity contribution is 0.203. The van der Waals surface area contributed by atoms with Crippen LogP contribution in [0.5, 0.6) is 0 Å². The number of aryl methyl sites for hydroxylation is 1. The van der Waals surface area contributed by atoms with Crippen LogP contribution in [0.2, 0.25) is 0 Å². The topological polar surface area (TPSA) is 61.3 Å². The molecule has 0 unspecified atom stereocenters. The lowest BCUT2D eigenvalue weighted by Gasteiger charge is -2.33. The monoisotopic (exact) mass is 318 g/mol. The van der Waals surface area contributed by atoms with Gasteiger partial charge in [-0.05, 0) is 37.8 Å². The highest BCUT2D eigenvalue weighted by atomic mass is 32.1. The molecule has 22 heavy (non-hydrogen) atoms. The Balaban J connectivity index is 1.67. The van der Waals surface area contributed by atoms with E-state index in [0.717, 1.165) is 49.0 Å². The third kappa shape index (κ3) is 3.56. The second-order valence-electron chi connectivity index (χ2n) is 5.69. The van der Waals surface area contributed by atoms with Crippen LogP contribution in [-0.2, 0) is 6.54 Å². The molecule has 3 heterocycles. The Morgan fingerprint density at radius 1 is 1.36 bits per heavy atom. The predicted octanol–water partition coefficient (Wildman–Crippen LogP) is 2.67. The number of hydrogen-bond acceptors (Lipinski definition) is 6. The van der Waals surface area contributed by atoms with Crippen molar-refractivity contribution in [1.29, 1.82) is 0 Å². The second-order valence-corrected chi connectivity index (χ2v) is 7.01. The lowest BCUT2D eigenvalue weighted by atomic mass is 9.98. The third-order valence-electron chi connectivity index (χ3n) is 4.08. The van der Waals surface area contributed by atoms with Gasteiger partial charge in [0, 0.05) is 37.0 Å². The number of nitrogens with zero attached hydrogens (tertiary/aromatic N) is 3. The van der Waals surface area contributed by atoms with Crippen LogP contribution in [0, 0.1) is 12.8 Å². The maximum Gasteiger partial charge on any atom is 0.151 e. The first kappa shape index (κ1) is 15.2. The number of aliphatic hydroxyl groups is 1. The van der Waals surface area contributed by atoms with Crippen molar-refractivity contribution in [3.63, 3.8) is 0 Å². The number of anilines is 2. The number of rotatable bonds is 5. The number of aliphatic hydroxyl groups excluding tert-OH is 1. The highest BCUT2D eigenvalue weighted by Gasteiger charge is 2.21. The van der Waals surface area contributed by atoms with Crippen molar-refractivity contribution >= 4 is 22.8 Å². The molecule has 1 aliphatic heterocycles. The summed E-state index contributed by atoms with van der Waals surface area (Å²) in [6, 6.07) is 4.04. The van der Waals surface area contributed by atoms with Crippen molar-refractivity contribution in [2.75, 3.05) is 29.9 Å². The molecule has 0 radical (unpaired) electrons. The van der Waals surface area contributed by atoms with E-state index in [1.165, 1.54) is 4.88 Å². The summed E-state index contributed by atoms with van der Waals surface area (Å²) in [6.07, 6.45) is 5.83. The first-order valence-electron chi connectivity index (χ1n) is 7.72. The molecule has 2 N–H and O–H groups in total. The minimum Gasteiger partial charge on any atom is -0.396 e. The average Bonchev–Trinajstić information content (AvgIpc) is 2.99. The van der Waals surface area contributed by atoms with E-state index in [9.17, 15) is 5.11 Å². The van der Waals surface area contributed by atoms with E-state index in [1.54, 1.807) is 11.3 Å². The van der Waals surface area contributed by atoms with Gasteiger partial charge in [0.25, 0.3) is 0 Å². The number of piperidine rings is 1. The van der Waals surface area contributed by atoms with Gasteiger partial charge in [0.1, 0.15) is 0 Å². The van der Waals surface area contributed by atoms with E-state index >= 15 is 0 Å². The van der Waals surface area contributed by atoms with Crippen molar-refractivity contribution in [1.82, 2.24) is 9.97 Å². The van der Waals surface area contributed by atoms with Crippen molar-refractivity contribution in [2.24, 2.45) is 5.92 Å². The number of thiazole rings is 1. The van der Waals surface area contributed by atoms with Crippen LogP contribution in [0.4, 0.5) is 11.5 Å². The zero-order chi connectivity index (χ0) is 15.4. The molecule has 1 aliphatic rings. The Morgan fingerprint density at radius 2 is 2.18 bits per heavy atom. The minimum atomic E-state index is 0.298. The van der Waals surface area contributed by atoms with Crippen LogP contribution in [0.25, 0.3) is 0 Å². The Hall–Kier alpha value is -1.66. The maximum atomic E-state index is 9.26. The van der Waals surface area contributed by atoms with E-state index in [-0.39, 0.29) is 0 Å². The zero-order valence-corrected chi connectivity index (χ0v) is 13.6. The molecule has 0 spiro atoms. The molecule has 2 aromatic rings. The average molecular weight is 318 g/mol. The Kier molecular flexibility index (Phi) is 4.90. The molecule has 1 fully saturated rings. The molecule has 0 saturated carbocycles. The fraction of sp³-hybridized carbons (Fsp3) is 0.500. The molecular weight excluding hydrogens is 296 g/mol. The Bertz CT molecular complexity index is 608. The van der Waals surface area contributed by atoms with E-state index in [0.29, 0.717) is 12.5 Å². The molecule has 118 valence electrons. The predicted molar refractivity (Wildman–Crippen MR) is 90.4 cm³/mol. The van der Waals surface area contributed by atoms with Crippen LogP contribution >= 0.6 is 11.3 Å². The van der Waals surface area contributed by atoms with Gasteiger partial charge >= 0.3 is 0 Å². The molecule has 0 bridgehead atoms. The van der Waals surface area contributed by atoms with Crippen LogP contribution in [0.15, 0.2) is 24.5 Å². The van der Waals surface area contributed by atoms with Gasteiger partial charge in [-0.3, -0.25) is 0 Å². The molecule has 6 heteroatoms. The molecule has 3 rings (SSSR count). The van der Waals surface area contributed by atoms with E-state index in [2.05, 4.69) is 26.3 Å². The smallest absolute Gasteiger partial charge is 0.151 e. The number of aromatic nitrogens is 2. The summed E-state index contributed by atoms with van der Waals surface area (Å²) < 4.78 is 0. The highest BCUT2D eigenvalue weighted by Crippen LogP contribution is 2.28. The van der Waals surface area contributed by atoms with Crippen LogP contribution in [-0.4, -0.2) is 34.8 Å². The number of pyridine rings is 1. The molecule has 0 aromatic carbocycles. The van der Waals surface area contributed by atoms with Gasteiger partial charge in [-0.1, -0.05) is 0 Å². The zero-order valence-electron chi connectivity index (χ0n) is 12.8. The van der Waals surface area contributed by atoms with E-state index in [1.807, 2.05) is 25.4 Å². The fourth-order valence-corrected chi connectivity index (χ4v) is 3.52. The maximum absolute atomic E-state index is 9.26. The fourth-order valence-electron chi connectivity index (χ4n) is 2.78. The summed E-state index contributed by atoms with van der Waals surface area (Å²) in [7, 11) is 0. The highest BCUT2D eigenvalue weighted by molar-refractivity contribution is 7.11. The minimum absolute atomic E-state index is 0.298. The summed E-state index contributed by atoms with van der Waals surface area (Å²) in [5.74, 6) is 1.46. The molecule has 2 aromatic heterocycles. The van der Waals surface area contributed by atoms with Gasteiger partial charge in [0.15, 0.2) is 5.82 Å². The van der Waals surface area contributed by atoms with Crippen LogP contribution < -0.4 is 10.2 Å². The second kappa shape index (κ2) is 7.07. The van der Waals surface area contributed by atoms with Gasteiger partial charge in [-0.25, -0.2) is 9.97 Å². The summed E-state index contributed by atoms with van der Waals surface area (Å²) in [6.45, 7) is 5.01. The van der Waals surface area contributed by atoms with Gasteiger partial charge in [-0.15, -0.1) is 11.3 Å². The summed E-state index contributed by atoms with van der Waals surface area (Å²) in [5.41, 5.74) is 1.07. The normalized spacial score (nSPS) is 16.0. The van der Waals surface area contributed by atoms with E-state index in [4.69, 9.17) is 0 Å². The molecule has 1 saturated heterocycles. The first-order valence-corrected chi connectivity index (χ1v) is 8.54. The van der Waals surface area contributed by atoms with Crippen molar-refractivity contribution < 1.29 is 5.11 Å². The quantitative estimate of drug-likeness (QED) is 0.887. The van der Waals surface area contributed by atoms with E-state index < -0.39 is 0 Å². The Labute approximate surface area is 135 Å². The standard InChI is InChI=1S/C16H22N4OS/c1-12-18-9-14(22-12)10-19-15-3-2-6-17-16(15)20-7-4-13(11-21)5-8-20/h2-3,6,9,13,19,21H,4-5,7-8,10-11H2,1H3. The molecule has 0 amide bonds. The summed E-state index contributed by atoms with van der Waals surface area (Å²) >= 11 is 1.72. The Morgan fingerprint density at radius 3 is 2.86 bits per heavy atom. The van der Waals surface area contributed by atoms with Crippen LogP contribution in [0.1, 0.15) is 22.7 Å². The SMILES string of the molecule is Cc1ncc(CNc2cccnc2N2CCC(CO)CC2)s1. The van der Waals surface area contributed by atoms with Gasteiger partial charge < -0.3 is 15.3 Å². The summed E-state index contributed by atoms with van der Waals surface area (Å²) in [5, 5.41) is 13.8. The molecule has 0 aliphatic carbocycles. The molecule has 0 atom stereocenters. The van der Waals surface area contributed by atoms with Crippen molar-refractivity contribution in [3.05, 3.63) is 34.4 Å². The lowest BCUT2D eigenvalue weighted by Crippen LogP contribution is -2.35. The van der Waals surface area contributed by atoms with Gasteiger partial charge in [0.05, 0.1) is 17.2 Å².